The van der Waals surface area contributed by atoms with Gasteiger partial charge in [0.1, 0.15) is 6.10 Å². The van der Waals surface area contributed by atoms with Crippen LogP contribution >= 0.6 is 11.8 Å². The Morgan fingerprint density at radius 2 is 1.86 bits per heavy atom. The summed E-state index contributed by atoms with van der Waals surface area (Å²) in [7, 11) is 0. The summed E-state index contributed by atoms with van der Waals surface area (Å²) in [5.41, 5.74) is 0.245. The zero-order valence-electron chi connectivity index (χ0n) is 13.8. The van der Waals surface area contributed by atoms with Crippen LogP contribution in [0.4, 0.5) is 0 Å². The van der Waals surface area contributed by atoms with Gasteiger partial charge in [0, 0.05) is 12.4 Å². The summed E-state index contributed by atoms with van der Waals surface area (Å²) < 4.78 is 11.8. The quantitative estimate of drug-likeness (QED) is 0.684. The van der Waals surface area contributed by atoms with Gasteiger partial charge in [-0.15, -0.1) is 0 Å². The molecular formula is C18H29NO2S. The molecule has 0 unspecified atom stereocenters. The van der Waals surface area contributed by atoms with Gasteiger partial charge in [-0.1, -0.05) is 25.1 Å². The highest BCUT2D eigenvalue weighted by molar-refractivity contribution is 8.13. The van der Waals surface area contributed by atoms with Gasteiger partial charge in [-0.3, -0.25) is 0 Å². The Kier molecular flexibility index (Phi) is 4.42. The maximum absolute atomic E-state index is 6.07. The molecule has 0 aromatic heterocycles. The Morgan fingerprint density at radius 1 is 1.18 bits per heavy atom. The second-order valence-corrected chi connectivity index (χ2v) is 8.97. The van der Waals surface area contributed by atoms with Gasteiger partial charge in [0.25, 0.3) is 0 Å². The average Bonchev–Trinajstić information content (AvgIpc) is 2.89. The number of ether oxygens (including phenoxy) is 2. The number of nitrogens with zero attached hydrogens (tertiary/aromatic N) is 1. The first-order chi connectivity index (χ1) is 10.7. The van der Waals surface area contributed by atoms with Crippen molar-refractivity contribution < 1.29 is 9.47 Å². The smallest absolute Gasteiger partial charge is 0.246 e. The van der Waals surface area contributed by atoms with Crippen LogP contribution in [0.1, 0.15) is 58.3 Å². The van der Waals surface area contributed by atoms with E-state index in [9.17, 15) is 0 Å². The largest absolute Gasteiger partial charge is 0.466 e. The second kappa shape index (κ2) is 6.35. The Hall–Kier alpha value is -0.220. The van der Waals surface area contributed by atoms with Crippen molar-refractivity contribution in [2.75, 3.05) is 19.0 Å². The molecule has 5 aliphatic rings. The van der Waals surface area contributed by atoms with Crippen molar-refractivity contribution in [2.45, 2.75) is 69.9 Å². The maximum atomic E-state index is 6.07. The highest BCUT2D eigenvalue weighted by atomic mass is 32.2. The van der Waals surface area contributed by atoms with Crippen LogP contribution in [0.15, 0.2) is 4.99 Å². The van der Waals surface area contributed by atoms with E-state index >= 15 is 0 Å². The molecule has 0 amide bonds. The first-order valence-electron chi connectivity index (χ1n) is 9.22. The van der Waals surface area contributed by atoms with Crippen LogP contribution in [-0.2, 0) is 9.47 Å². The first kappa shape index (κ1) is 15.3. The lowest BCUT2D eigenvalue weighted by Crippen LogP contribution is -2.49. The zero-order chi connectivity index (χ0) is 15.0. The predicted molar refractivity (Wildman–Crippen MR) is 91.4 cm³/mol. The summed E-state index contributed by atoms with van der Waals surface area (Å²) in [6.07, 6.45) is 11.0. The number of hydrogen-bond acceptors (Lipinski definition) is 4. The predicted octanol–water partition coefficient (Wildman–Crippen LogP) is 4.26. The molecule has 4 aliphatic carbocycles. The third-order valence-corrected chi connectivity index (χ3v) is 6.91. The summed E-state index contributed by atoms with van der Waals surface area (Å²) in [5.74, 6) is 3.87. The van der Waals surface area contributed by atoms with E-state index in [1.165, 1.54) is 44.9 Å². The SMILES string of the molecule is CCCCOC[C@H]1CSC(=NC23CC4CC(CC(C4)C2)C3)O1. The minimum atomic E-state index is 0.217. The van der Waals surface area contributed by atoms with Gasteiger partial charge in [0.05, 0.1) is 12.1 Å². The molecule has 1 saturated heterocycles. The van der Waals surface area contributed by atoms with E-state index in [-0.39, 0.29) is 11.6 Å². The molecule has 0 N–H and O–H groups in total. The van der Waals surface area contributed by atoms with Gasteiger partial charge in [0.2, 0.25) is 5.23 Å². The van der Waals surface area contributed by atoms with Crippen molar-refractivity contribution in [1.29, 1.82) is 0 Å². The van der Waals surface area contributed by atoms with Crippen molar-refractivity contribution in [1.82, 2.24) is 0 Å². The van der Waals surface area contributed by atoms with Crippen molar-refractivity contribution in [2.24, 2.45) is 22.7 Å². The molecule has 5 rings (SSSR count). The lowest BCUT2D eigenvalue weighted by molar-refractivity contribution is -0.000191. The molecule has 4 heteroatoms. The molecule has 3 nitrogen and oxygen atoms in total. The van der Waals surface area contributed by atoms with Crippen molar-refractivity contribution in [3.63, 3.8) is 0 Å². The molecule has 0 spiro atoms. The van der Waals surface area contributed by atoms with E-state index < -0.39 is 0 Å². The molecule has 4 bridgehead atoms. The number of rotatable bonds is 6. The van der Waals surface area contributed by atoms with Crippen LogP contribution in [0.25, 0.3) is 0 Å². The van der Waals surface area contributed by atoms with Crippen molar-refractivity contribution in [3.05, 3.63) is 0 Å². The standard InChI is InChI=1S/C18H29NO2S/c1-2-3-4-20-11-16-12-22-17(21-16)19-18-8-13-5-14(9-18)7-15(6-13)10-18/h13-16H,2-12H2,1H3/t13?,14?,15?,16-,18?/m0/s1. The van der Waals surface area contributed by atoms with E-state index in [2.05, 4.69) is 6.92 Å². The molecular weight excluding hydrogens is 294 g/mol. The van der Waals surface area contributed by atoms with Crippen molar-refractivity contribution >= 4 is 17.0 Å². The van der Waals surface area contributed by atoms with Gasteiger partial charge in [-0.25, -0.2) is 4.99 Å². The van der Waals surface area contributed by atoms with Gasteiger partial charge in [0.15, 0.2) is 0 Å². The summed E-state index contributed by atoms with van der Waals surface area (Å²) in [5, 5.41) is 0.964. The summed E-state index contributed by atoms with van der Waals surface area (Å²) in [4.78, 5) is 5.16. The monoisotopic (exact) mass is 323 g/mol. The van der Waals surface area contributed by atoms with E-state index in [4.69, 9.17) is 14.5 Å². The highest BCUT2D eigenvalue weighted by Crippen LogP contribution is 2.57. The van der Waals surface area contributed by atoms with Crippen LogP contribution in [0.2, 0.25) is 0 Å². The van der Waals surface area contributed by atoms with E-state index in [1.807, 2.05) is 11.8 Å². The van der Waals surface area contributed by atoms with Crippen LogP contribution in [0.5, 0.6) is 0 Å². The molecule has 0 aromatic rings. The number of aliphatic imine (C=N–C) groups is 1. The lowest BCUT2D eigenvalue weighted by atomic mass is 9.53. The Balaban J connectivity index is 1.34. The van der Waals surface area contributed by atoms with Crippen LogP contribution < -0.4 is 0 Å². The van der Waals surface area contributed by atoms with E-state index in [0.29, 0.717) is 0 Å². The molecule has 22 heavy (non-hydrogen) atoms. The lowest BCUT2D eigenvalue weighted by Gasteiger charge is -2.54. The first-order valence-corrected chi connectivity index (χ1v) is 10.2. The van der Waals surface area contributed by atoms with Gasteiger partial charge >= 0.3 is 0 Å². The highest BCUT2D eigenvalue weighted by Gasteiger charge is 2.51. The molecule has 1 atom stereocenters. The molecule has 1 heterocycles. The van der Waals surface area contributed by atoms with Crippen LogP contribution in [-0.4, -0.2) is 35.8 Å². The summed E-state index contributed by atoms with van der Waals surface area (Å²) in [6.45, 7) is 3.79. The fourth-order valence-corrected chi connectivity index (χ4v) is 6.33. The second-order valence-electron chi connectivity index (χ2n) is 8.00. The molecule has 4 saturated carbocycles. The van der Waals surface area contributed by atoms with Gasteiger partial charge in [-0.2, -0.15) is 0 Å². The molecule has 124 valence electrons. The van der Waals surface area contributed by atoms with Crippen LogP contribution in [0.3, 0.4) is 0 Å². The number of unbranched alkanes of at least 4 members (excludes halogenated alkanes) is 1. The summed E-state index contributed by atoms with van der Waals surface area (Å²) >= 11 is 1.81. The number of hydrogen-bond donors (Lipinski definition) is 0. The fourth-order valence-electron chi connectivity index (χ4n) is 5.37. The third kappa shape index (κ3) is 3.19. The van der Waals surface area contributed by atoms with E-state index in [0.717, 1.165) is 48.4 Å². The zero-order valence-corrected chi connectivity index (χ0v) is 14.6. The fraction of sp³-hybridized carbons (Fsp3) is 0.944. The number of thioether (sulfide) groups is 1. The average molecular weight is 324 g/mol. The molecule has 5 fully saturated rings. The van der Waals surface area contributed by atoms with Crippen molar-refractivity contribution in [3.8, 4) is 0 Å². The Morgan fingerprint density at radius 3 is 2.50 bits per heavy atom. The summed E-state index contributed by atoms with van der Waals surface area (Å²) in [6, 6.07) is 0. The molecule has 0 aromatic carbocycles. The van der Waals surface area contributed by atoms with Crippen LogP contribution in [0, 0.1) is 17.8 Å². The van der Waals surface area contributed by atoms with E-state index in [1.54, 1.807) is 0 Å². The third-order valence-electron chi connectivity index (χ3n) is 5.94. The molecule has 1 aliphatic heterocycles. The Labute approximate surface area is 138 Å². The van der Waals surface area contributed by atoms with Gasteiger partial charge in [-0.05, 0) is 62.7 Å². The van der Waals surface area contributed by atoms with Gasteiger partial charge < -0.3 is 9.47 Å². The maximum Gasteiger partial charge on any atom is 0.246 e. The topological polar surface area (TPSA) is 30.8 Å². The minimum Gasteiger partial charge on any atom is -0.466 e. The minimum absolute atomic E-state index is 0.217. The molecule has 0 radical (unpaired) electrons. The Bertz CT molecular complexity index is 402. The normalized spacial score (nSPS) is 44.7.